The third kappa shape index (κ3) is 0.946. The number of fused-ring (bicyclic) bond motifs is 2. The molecule has 0 radical (unpaired) electrons. The molecule has 0 amide bonds. The summed E-state index contributed by atoms with van der Waals surface area (Å²) in [7, 11) is 0. The maximum atomic E-state index is 11.1. The number of ketones is 2. The van der Waals surface area contributed by atoms with Crippen LogP contribution in [-0.4, -0.2) is 11.6 Å². The van der Waals surface area contributed by atoms with Crippen LogP contribution in [0.3, 0.4) is 0 Å². The van der Waals surface area contributed by atoms with Crippen LogP contribution < -0.4 is 0 Å². The van der Waals surface area contributed by atoms with Gasteiger partial charge in [-0.25, -0.2) is 0 Å². The summed E-state index contributed by atoms with van der Waals surface area (Å²) in [6, 6.07) is 0. The lowest BCUT2D eigenvalue weighted by Crippen LogP contribution is -2.21. The standard InChI is InChI=1S/C9H8O2/c10-8-5-6-2-1-3-7(4-6)9(8)11/h3,5H,1-2,4H2. The quantitative estimate of drug-likeness (QED) is 0.483. The molecule has 0 spiro atoms. The Morgan fingerprint density at radius 3 is 2.91 bits per heavy atom. The lowest BCUT2D eigenvalue weighted by molar-refractivity contribution is -0.132. The summed E-state index contributed by atoms with van der Waals surface area (Å²) < 4.78 is 0. The monoisotopic (exact) mass is 148 g/mol. The fourth-order valence-corrected chi connectivity index (χ4v) is 1.54. The molecule has 2 aliphatic rings. The minimum Gasteiger partial charge on any atom is -0.286 e. The molecule has 2 nitrogen and oxygen atoms in total. The highest BCUT2D eigenvalue weighted by molar-refractivity contribution is 6.48. The van der Waals surface area contributed by atoms with E-state index in [2.05, 4.69) is 0 Å². The zero-order valence-corrected chi connectivity index (χ0v) is 6.09. The van der Waals surface area contributed by atoms with E-state index >= 15 is 0 Å². The number of carbonyl (C=O) groups is 2. The molecule has 0 saturated carbocycles. The van der Waals surface area contributed by atoms with Gasteiger partial charge in [0.15, 0.2) is 0 Å². The molecular formula is C9H8O2. The van der Waals surface area contributed by atoms with Gasteiger partial charge in [-0.3, -0.25) is 9.59 Å². The molecule has 0 N–H and O–H groups in total. The highest BCUT2D eigenvalue weighted by atomic mass is 16.2. The second-order valence-corrected chi connectivity index (χ2v) is 2.94. The van der Waals surface area contributed by atoms with Crippen LogP contribution in [0, 0.1) is 0 Å². The van der Waals surface area contributed by atoms with Crippen molar-refractivity contribution < 1.29 is 9.59 Å². The molecule has 0 fully saturated rings. The van der Waals surface area contributed by atoms with E-state index in [9.17, 15) is 9.59 Å². The van der Waals surface area contributed by atoms with Crippen molar-refractivity contribution in [3.63, 3.8) is 0 Å². The fraction of sp³-hybridized carbons (Fsp3) is 0.333. The summed E-state index contributed by atoms with van der Waals surface area (Å²) in [4.78, 5) is 22.0. The lowest BCUT2D eigenvalue weighted by atomic mass is 9.85. The number of hydrogen-bond acceptors (Lipinski definition) is 2. The maximum Gasteiger partial charge on any atom is 0.228 e. The molecule has 0 saturated heterocycles. The Bertz CT molecular complexity index is 295. The van der Waals surface area contributed by atoms with Crippen molar-refractivity contribution in [2.75, 3.05) is 0 Å². The summed E-state index contributed by atoms with van der Waals surface area (Å²) >= 11 is 0. The molecule has 0 unspecified atom stereocenters. The van der Waals surface area contributed by atoms with E-state index in [0.29, 0.717) is 12.0 Å². The Balaban J connectivity index is 2.48. The highest BCUT2D eigenvalue weighted by Gasteiger charge is 2.25. The second kappa shape index (κ2) is 2.16. The molecule has 2 rings (SSSR count). The Morgan fingerprint density at radius 2 is 2.09 bits per heavy atom. The summed E-state index contributed by atoms with van der Waals surface area (Å²) in [5.41, 5.74) is 1.82. The molecule has 0 aromatic carbocycles. The number of carbonyl (C=O) groups excluding carboxylic acids is 2. The molecule has 56 valence electrons. The first-order valence-electron chi connectivity index (χ1n) is 3.74. The third-order valence-corrected chi connectivity index (χ3v) is 2.12. The number of allylic oxidation sites excluding steroid dienone is 4. The molecule has 2 bridgehead atoms. The molecule has 0 aromatic rings. The summed E-state index contributed by atoms with van der Waals surface area (Å²) in [5.74, 6) is -0.634. The second-order valence-electron chi connectivity index (χ2n) is 2.94. The van der Waals surface area contributed by atoms with Gasteiger partial charge in [0.2, 0.25) is 11.6 Å². The SMILES string of the molecule is O=C1C=C2CCC=C(C2)C1=O. The van der Waals surface area contributed by atoms with Crippen LogP contribution in [0.5, 0.6) is 0 Å². The first-order valence-corrected chi connectivity index (χ1v) is 3.74. The van der Waals surface area contributed by atoms with Crippen molar-refractivity contribution in [2.24, 2.45) is 0 Å². The maximum absolute atomic E-state index is 11.1. The average molecular weight is 148 g/mol. The Hall–Kier alpha value is -1.18. The van der Waals surface area contributed by atoms with Crippen molar-refractivity contribution in [2.45, 2.75) is 19.3 Å². The highest BCUT2D eigenvalue weighted by Crippen LogP contribution is 2.27. The summed E-state index contributed by atoms with van der Waals surface area (Å²) in [6.07, 6.45) is 5.96. The summed E-state index contributed by atoms with van der Waals surface area (Å²) in [6.45, 7) is 0. The summed E-state index contributed by atoms with van der Waals surface area (Å²) in [5, 5.41) is 0. The predicted molar refractivity (Wildman–Crippen MR) is 40.0 cm³/mol. The Kier molecular flexibility index (Phi) is 1.28. The molecule has 2 aliphatic carbocycles. The smallest absolute Gasteiger partial charge is 0.228 e. The van der Waals surface area contributed by atoms with Crippen LogP contribution in [0.15, 0.2) is 23.3 Å². The van der Waals surface area contributed by atoms with Crippen molar-refractivity contribution in [3.8, 4) is 0 Å². The fourth-order valence-electron chi connectivity index (χ4n) is 1.54. The van der Waals surface area contributed by atoms with Crippen LogP contribution in [0.25, 0.3) is 0 Å². The van der Waals surface area contributed by atoms with Crippen LogP contribution in [0.4, 0.5) is 0 Å². The normalized spacial score (nSPS) is 22.9. The third-order valence-electron chi connectivity index (χ3n) is 2.12. The van der Waals surface area contributed by atoms with Crippen LogP contribution in [0.2, 0.25) is 0 Å². The van der Waals surface area contributed by atoms with Crippen molar-refractivity contribution in [3.05, 3.63) is 23.3 Å². The van der Waals surface area contributed by atoms with Crippen molar-refractivity contribution >= 4 is 11.6 Å². The molecule has 11 heavy (non-hydrogen) atoms. The molecule has 2 heteroatoms. The van der Waals surface area contributed by atoms with E-state index < -0.39 is 0 Å². The lowest BCUT2D eigenvalue weighted by Gasteiger charge is -2.18. The minimum absolute atomic E-state index is 0.298. The number of Topliss-reactive ketones (excluding diaryl/α,β-unsaturated/α-hetero) is 1. The zero-order chi connectivity index (χ0) is 7.84. The van der Waals surface area contributed by atoms with Crippen LogP contribution in [0.1, 0.15) is 19.3 Å². The van der Waals surface area contributed by atoms with Crippen molar-refractivity contribution in [1.29, 1.82) is 0 Å². The molecule has 0 heterocycles. The minimum atomic E-state index is -0.336. The molecule has 0 atom stereocenters. The Morgan fingerprint density at radius 1 is 1.27 bits per heavy atom. The first-order chi connectivity index (χ1) is 5.27. The van der Waals surface area contributed by atoms with Gasteiger partial charge in [-0.2, -0.15) is 0 Å². The van der Waals surface area contributed by atoms with Gasteiger partial charge in [-0.1, -0.05) is 11.6 Å². The van der Waals surface area contributed by atoms with E-state index in [4.69, 9.17) is 0 Å². The number of hydrogen-bond donors (Lipinski definition) is 0. The van der Waals surface area contributed by atoms with E-state index in [-0.39, 0.29) is 11.6 Å². The zero-order valence-electron chi connectivity index (χ0n) is 6.09. The Labute approximate surface area is 64.6 Å². The van der Waals surface area contributed by atoms with Crippen molar-refractivity contribution in [1.82, 2.24) is 0 Å². The van der Waals surface area contributed by atoms with E-state index in [1.54, 1.807) is 0 Å². The van der Waals surface area contributed by atoms with Gasteiger partial charge < -0.3 is 0 Å². The van der Waals surface area contributed by atoms with Gasteiger partial charge in [-0.05, 0) is 25.3 Å². The van der Waals surface area contributed by atoms with E-state index in [1.165, 1.54) is 6.08 Å². The largest absolute Gasteiger partial charge is 0.286 e. The van der Waals surface area contributed by atoms with Gasteiger partial charge in [0, 0.05) is 5.57 Å². The van der Waals surface area contributed by atoms with Gasteiger partial charge in [0.25, 0.3) is 0 Å². The van der Waals surface area contributed by atoms with Gasteiger partial charge >= 0.3 is 0 Å². The number of rotatable bonds is 0. The molecule has 0 aromatic heterocycles. The van der Waals surface area contributed by atoms with Crippen LogP contribution in [-0.2, 0) is 9.59 Å². The van der Waals surface area contributed by atoms with Gasteiger partial charge in [0.05, 0.1) is 0 Å². The molecule has 0 aliphatic heterocycles. The first kappa shape index (κ1) is 6.53. The topological polar surface area (TPSA) is 34.1 Å². The van der Waals surface area contributed by atoms with E-state index in [0.717, 1.165) is 18.4 Å². The van der Waals surface area contributed by atoms with Gasteiger partial charge in [-0.15, -0.1) is 0 Å². The molecular weight excluding hydrogens is 140 g/mol. The van der Waals surface area contributed by atoms with E-state index in [1.807, 2.05) is 6.08 Å². The average Bonchev–Trinajstić information content (AvgIpc) is 2.01. The predicted octanol–water partition coefficient (Wildman–Crippen LogP) is 1.17. The van der Waals surface area contributed by atoms with Crippen LogP contribution >= 0.6 is 0 Å². The van der Waals surface area contributed by atoms with Gasteiger partial charge in [0.1, 0.15) is 0 Å².